The highest BCUT2D eigenvalue weighted by Crippen LogP contribution is 2.22. The van der Waals surface area contributed by atoms with Gasteiger partial charge in [-0.25, -0.2) is 14.5 Å². The highest BCUT2D eigenvalue weighted by atomic mass is 16.2. The Balaban J connectivity index is 1.63. The van der Waals surface area contributed by atoms with E-state index in [1.165, 1.54) is 4.90 Å². The summed E-state index contributed by atoms with van der Waals surface area (Å²) in [4.78, 5) is 31.8. The molecular weight excluding hydrogens is 366 g/mol. The lowest BCUT2D eigenvalue weighted by atomic mass is 10.1. The number of imide groups is 1. The Morgan fingerprint density at radius 3 is 2.55 bits per heavy atom. The fraction of sp³-hybridized carbons (Fsp3) is 0.273. The maximum atomic E-state index is 13.2. The molecule has 7 heteroatoms. The third-order valence-corrected chi connectivity index (χ3v) is 5.09. The number of rotatable bonds is 5. The first-order chi connectivity index (χ1) is 13.9. The summed E-state index contributed by atoms with van der Waals surface area (Å²) in [5.41, 5.74) is 4.01. The highest BCUT2D eigenvalue weighted by molar-refractivity contribution is 5.96. The number of hydrogen-bond acceptors (Lipinski definition) is 3. The minimum absolute atomic E-state index is 0.236. The van der Waals surface area contributed by atoms with Crippen LogP contribution in [0.3, 0.4) is 0 Å². The van der Waals surface area contributed by atoms with Crippen LogP contribution in [0.5, 0.6) is 0 Å². The molecule has 0 bridgehead atoms. The van der Waals surface area contributed by atoms with Crippen LogP contribution in [0, 0.1) is 6.92 Å². The predicted octanol–water partition coefficient (Wildman–Crippen LogP) is 4.23. The number of aromatic nitrogens is 1. The van der Waals surface area contributed by atoms with Gasteiger partial charge in [0.05, 0.1) is 6.54 Å². The number of benzene rings is 2. The summed E-state index contributed by atoms with van der Waals surface area (Å²) in [7, 11) is 0. The van der Waals surface area contributed by atoms with E-state index in [9.17, 15) is 9.59 Å². The molecule has 1 aliphatic rings. The number of carbonyl (C=O) groups excluding carboxylic acids is 2. The number of anilines is 1. The molecule has 7 nitrogen and oxygen atoms in total. The lowest BCUT2D eigenvalue weighted by Gasteiger charge is -2.42. The highest BCUT2D eigenvalue weighted by Gasteiger charge is 2.39. The van der Waals surface area contributed by atoms with Gasteiger partial charge in [-0.15, -0.1) is 0 Å². The molecule has 29 heavy (non-hydrogen) atoms. The Bertz CT molecular complexity index is 1040. The molecule has 0 spiro atoms. The number of aromatic amines is 1. The second kappa shape index (κ2) is 7.50. The van der Waals surface area contributed by atoms with Gasteiger partial charge in [0.2, 0.25) is 0 Å². The van der Waals surface area contributed by atoms with Gasteiger partial charge in [-0.05, 0) is 50.6 Å². The molecule has 2 heterocycles. The summed E-state index contributed by atoms with van der Waals surface area (Å²) < 4.78 is 0. The number of hydrogen-bond donors (Lipinski definition) is 3. The van der Waals surface area contributed by atoms with Crippen molar-refractivity contribution in [2.24, 2.45) is 0 Å². The summed E-state index contributed by atoms with van der Waals surface area (Å²) in [5, 5.41) is 7.27. The average Bonchev–Trinajstić information content (AvgIpc) is 3.14. The number of H-pyrrole nitrogens is 1. The van der Waals surface area contributed by atoms with Crippen molar-refractivity contribution in [1.82, 2.24) is 20.1 Å². The number of urea groups is 2. The molecule has 1 fully saturated rings. The first kappa shape index (κ1) is 18.9. The normalized spacial score (nSPS) is 17.2. The molecule has 3 aromatic rings. The van der Waals surface area contributed by atoms with E-state index in [4.69, 9.17) is 0 Å². The average molecular weight is 391 g/mol. The number of carbonyl (C=O) groups is 2. The molecule has 3 N–H and O–H groups in total. The molecule has 1 atom stereocenters. The van der Waals surface area contributed by atoms with Crippen molar-refractivity contribution in [3.63, 3.8) is 0 Å². The van der Waals surface area contributed by atoms with Gasteiger partial charge in [0, 0.05) is 28.8 Å². The summed E-state index contributed by atoms with van der Waals surface area (Å²) >= 11 is 0. The first-order valence-electron chi connectivity index (χ1n) is 9.72. The zero-order valence-corrected chi connectivity index (χ0v) is 16.8. The van der Waals surface area contributed by atoms with Crippen LogP contribution in [0.25, 0.3) is 10.9 Å². The second-order valence-electron chi connectivity index (χ2n) is 7.64. The second-order valence-corrected chi connectivity index (χ2v) is 7.64. The van der Waals surface area contributed by atoms with Crippen LogP contribution in [0.15, 0.2) is 54.7 Å². The molecular formula is C22H25N5O2. The molecule has 1 aliphatic heterocycles. The largest absolute Gasteiger partial charge is 0.361 e. The van der Waals surface area contributed by atoms with Crippen LogP contribution in [0.2, 0.25) is 0 Å². The smallest absolute Gasteiger partial charge is 0.331 e. The minimum atomic E-state index is -0.650. The van der Waals surface area contributed by atoms with Crippen LogP contribution < -0.4 is 10.6 Å². The predicted molar refractivity (Wildman–Crippen MR) is 113 cm³/mol. The van der Waals surface area contributed by atoms with Crippen molar-refractivity contribution in [3.8, 4) is 0 Å². The molecule has 2 aromatic carbocycles. The van der Waals surface area contributed by atoms with E-state index in [2.05, 4.69) is 15.6 Å². The summed E-state index contributed by atoms with van der Waals surface area (Å²) in [6, 6.07) is 15.0. The van der Waals surface area contributed by atoms with E-state index < -0.39 is 12.3 Å². The van der Waals surface area contributed by atoms with Crippen LogP contribution in [0.4, 0.5) is 15.3 Å². The number of nitrogens with one attached hydrogen (secondary N) is 3. The van der Waals surface area contributed by atoms with Crippen molar-refractivity contribution in [3.05, 3.63) is 65.9 Å². The lowest BCUT2D eigenvalue weighted by Crippen LogP contribution is -2.68. The minimum Gasteiger partial charge on any atom is -0.361 e. The molecule has 4 amide bonds. The van der Waals surface area contributed by atoms with E-state index in [1.54, 1.807) is 4.90 Å². The van der Waals surface area contributed by atoms with E-state index in [0.717, 1.165) is 27.7 Å². The molecule has 1 aromatic heterocycles. The van der Waals surface area contributed by atoms with E-state index >= 15 is 0 Å². The third kappa shape index (κ3) is 3.76. The van der Waals surface area contributed by atoms with Crippen molar-refractivity contribution < 1.29 is 9.59 Å². The fourth-order valence-electron chi connectivity index (χ4n) is 3.52. The summed E-state index contributed by atoms with van der Waals surface area (Å²) in [6.45, 7) is 6.06. The molecule has 4 rings (SSSR count). The molecule has 0 aliphatic carbocycles. The van der Waals surface area contributed by atoms with Gasteiger partial charge in [-0.2, -0.15) is 0 Å². The number of amides is 4. The Kier molecular flexibility index (Phi) is 4.88. The first-order valence-corrected chi connectivity index (χ1v) is 9.72. The van der Waals surface area contributed by atoms with Crippen LogP contribution in [-0.4, -0.2) is 39.2 Å². The van der Waals surface area contributed by atoms with Crippen LogP contribution in [0.1, 0.15) is 25.0 Å². The Labute approximate surface area is 169 Å². The zero-order valence-electron chi connectivity index (χ0n) is 16.8. The lowest BCUT2D eigenvalue weighted by molar-refractivity contribution is 0.0975. The molecule has 1 unspecified atom stereocenters. The Morgan fingerprint density at radius 2 is 1.83 bits per heavy atom. The Hall–Kier alpha value is -3.48. The van der Waals surface area contributed by atoms with E-state index in [0.29, 0.717) is 6.54 Å². The standard InChI is InChI=1S/C22H25N5O2/c1-14(2)27-21(28)25-20(24-18-8-9-19-17(12-18)10-11-23-19)26(22(27)29)13-16-6-4-15(3)5-7-16/h4-12,14,20,23-24H,13H2,1-3H3,(H,25,28). The maximum Gasteiger partial charge on any atom is 0.331 e. The topological polar surface area (TPSA) is 80.5 Å². The molecule has 1 saturated heterocycles. The van der Waals surface area contributed by atoms with Gasteiger partial charge in [0.1, 0.15) is 0 Å². The maximum absolute atomic E-state index is 13.2. The van der Waals surface area contributed by atoms with Crippen LogP contribution in [-0.2, 0) is 6.54 Å². The third-order valence-electron chi connectivity index (χ3n) is 5.09. The van der Waals surface area contributed by atoms with Gasteiger partial charge < -0.3 is 10.3 Å². The van der Waals surface area contributed by atoms with Crippen molar-refractivity contribution in [2.75, 3.05) is 5.32 Å². The van der Waals surface area contributed by atoms with Gasteiger partial charge in [0.25, 0.3) is 0 Å². The van der Waals surface area contributed by atoms with Gasteiger partial charge in [-0.3, -0.25) is 10.2 Å². The van der Waals surface area contributed by atoms with Crippen molar-refractivity contribution >= 4 is 28.7 Å². The molecule has 150 valence electrons. The fourth-order valence-corrected chi connectivity index (χ4v) is 3.52. The quantitative estimate of drug-likeness (QED) is 0.609. The van der Waals surface area contributed by atoms with Gasteiger partial charge in [-0.1, -0.05) is 29.8 Å². The van der Waals surface area contributed by atoms with E-state index in [1.807, 2.05) is 75.5 Å². The van der Waals surface area contributed by atoms with Crippen molar-refractivity contribution in [2.45, 2.75) is 39.6 Å². The van der Waals surface area contributed by atoms with Crippen LogP contribution >= 0.6 is 0 Å². The number of aryl methyl sites for hydroxylation is 1. The molecule has 0 radical (unpaired) electrons. The van der Waals surface area contributed by atoms with Gasteiger partial charge in [0.15, 0.2) is 6.29 Å². The summed E-state index contributed by atoms with van der Waals surface area (Å²) in [5.74, 6) is 0. The molecule has 0 saturated carbocycles. The van der Waals surface area contributed by atoms with E-state index in [-0.39, 0.29) is 12.1 Å². The zero-order chi connectivity index (χ0) is 20.5. The monoisotopic (exact) mass is 391 g/mol. The number of nitrogens with zero attached hydrogens (tertiary/aromatic N) is 2. The SMILES string of the molecule is Cc1ccc(CN2C(=O)N(C(C)C)C(=O)NC2Nc2ccc3[nH]ccc3c2)cc1. The summed E-state index contributed by atoms with van der Waals surface area (Å²) in [6.07, 6.45) is 1.23. The number of fused-ring (bicyclic) bond motifs is 1. The van der Waals surface area contributed by atoms with Crippen molar-refractivity contribution in [1.29, 1.82) is 0 Å². The van der Waals surface area contributed by atoms with Gasteiger partial charge >= 0.3 is 12.1 Å². The Morgan fingerprint density at radius 1 is 1.07 bits per heavy atom.